The van der Waals surface area contributed by atoms with Crippen molar-refractivity contribution >= 4 is 5.91 Å². The fourth-order valence-corrected chi connectivity index (χ4v) is 4.22. The van der Waals surface area contributed by atoms with E-state index in [0.717, 1.165) is 49.2 Å². The first kappa shape index (κ1) is 18.1. The van der Waals surface area contributed by atoms with Crippen LogP contribution in [0.3, 0.4) is 0 Å². The number of fused-ring (bicyclic) bond motifs is 2. The van der Waals surface area contributed by atoms with Crippen molar-refractivity contribution in [2.75, 3.05) is 27.2 Å². The van der Waals surface area contributed by atoms with E-state index in [0.29, 0.717) is 0 Å². The molecule has 2 aromatic carbocycles. The largest absolute Gasteiger partial charge is 0.352 e. The van der Waals surface area contributed by atoms with Crippen LogP contribution in [0.1, 0.15) is 35.6 Å². The van der Waals surface area contributed by atoms with Gasteiger partial charge in [0, 0.05) is 33.7 Å². The van der Waals surface area contributed by atoms with Crippen LogP contribution in [0.2, 0.25) is 0 Å². The molecule has 0 radical (unpaired) electrons. The average molecular weight is 368 g/mol. The second kappa shape index (κ2) is 7.06. The van der Waals surface area contributed by atoms with Crippen LogP contribution in [0.5, 0.6) is 0 Å². The third-order valence-corrected chi connectivity index (χ3v) is 5.73. The Bertz CT molecular complexity index is 826. The maximum absolute atomic E-state index is 13.1. The maximum atomic E-state index is 13.1. The molecule has 2 heterocycles. The van der Waals surface area contributed by atoms with E-state index in [1.54, 1.807) is 19.0 Å². The zero-order valence-corrected chi connectivity index (χ0v) is 15.8. The van der Waals surface area contributed by atoms with Crippen molar-refractivity contribution in [1.82, 2.24) is 9.80 Å². The molecular formula is C22H25FN2O2. The van der Waals surface area contributed by atoms with E-state index in [1.807, 2.05) is 30.3 Å². The first-order valence-corrected chi connectivity index (χ1v) is 9.44. The Kier molecular flexibility index (Phi) is 4.74. The summed E-state index contributed by atoms with van der Waals surface area (Å²) >= 11 is 0. The molecular weight excluding hydrogens is 343 g/mol. The highest BCUT2D eigenvalue weighted by molar-refractivity contribution is 5.83. The highest BCUT2D eigenvalue weighted by atomic mass is 19.1. The number of hydrogen-bond acceptors (Lipinski definition) is 3. The predicted molar refractivity (Wildman–Crippen MR) is 102 cm³/mol. The summed E-state index contributed by atoms with van der Waals surface area (Å²) in [5, 5.41) is 0. The van der Waals surface area contributed by atoms with Crippen LogP contribution >= 0.6 is 0 Å². The first-order valence-electron chi connectivity index (χ1n) is 9.44. The van der Waals surface area contributed by atoms with Crippen molar-refractivity contribution in [3.05, 3.63) is 71.0 Å². The van der Waals surface area contributed by atoms with Crippen LogP contribution < -0.4 is 0 Å². The molecule has 5 heteroatoms. The van der Waals surface area contributed by atoms with Crippen molar-refractivity contribution < 1.29 is 13.9 Å². The van der Waals surface area contributed by atoms with Gasteiger partial charge in [-0.1, -0.05) is 36.4 Å². The minimum absolute atomic E-state index is 0.00642. The number of amides is 1. The number of nitrogens with zero attached hydrogens (tertiary/aromatic N) is 2. The number of carbonyl (C=O) groups excluding carboxylic acids is 1. The quantitative estimate of drug-likeness (QED) is 0.832. The Morgan fingerprint density at radius 3 is 2.48 bits per heavy atom. The summed E-state index contributed by atoms with van der Waals surface area (Å²) < 4.78 is 19.5. The monoisotopic (exact) mass is 368 g/mol. The lowest BCUT2D eigenvalue weighted by Crippen LogP contribution is -2.43. The number of piperidine rings is 1. The summed E-state index contributed by atoms with van der Waals surface area (Å²) in [5.74, 6) is -0.211. The lowest BCUT2D eigenvalue weighted by molar-refractivity contribution is -0.158. The van der Waals surface area contributed by atoms with Crippen LogP contribution in [0.4, 0.5) is 4.39 Å². The molecule has 0 N–H and O–H groups in total. The van der Waals surface area contributed by atoms with E-state index in [2.05, 4.69) is 11.0 Å². The topological polar surface area (TPSA) is 32.8 Å². The molecule has 27 heavy (non-hydrogen) atoms. The fraction of sp³-hybridized carbons (Fsp3) is 0.409. The number of likely N-dealkylation sites (N-methyl/N-ethyl adjacent to an activating group) is 1. The van der Waals surface area contributed by atoms with Gasteiger partial charge in [-0.3, -0.25) is 9.69 Å². The molecule has 1 spiro atoms. The van der Waals surface area contributed by atoms with Gasteiger partial charge < -0.3 is 9.64 Å². The number of benzene rings is 2. The van der Waals surface area contributed by atoms with Gasteiger partial charge in [0.25, 0.3) is 5.91 Å². The van der Waals surface area contributed by atoms with E-state index in [9.17, 15) is 9.18 Å². The van der Waals surface area contributed by atoms with Gasteiger partial charge in [0.1, 0.15) is 5.82 Å². The zero-order valence-electron chi connectivity index (χ0n) is 15.8. The molecule has 1 saturated heterocycles. The number of rotatable bonds is 3. The molecule has 0 bridgehead atoms. The molecule has 0 unspecified atom stereocenters. The minimum atomic E-state index is -0.514. The summed E-state index contributed by atoms with van der Waals surface area (Å²) in [4.78, 5) is 16.6. The van der Waals surface area contributed by atoms with E-state index in [4.69, 9.17) is 4.74 Å². The van der Waals surface area contributed by atoms with E-state index >= 15 is 0 Å². The Balaban J connectivity index is 1.50. The highest BCUT2D eigenvalue weighted by Crippen LogP contribution is 2.49. The Hall–Kier alpha value is -2.24. The lowest BCUT2D eigenvalue weighted by Gasteiger charge is -2.39. The van der Waals surface area contributed by atoms with Gasteiger partial charge in [0.05, 0.1) is 5.60 Å². The molecule has 1 amide bonds. The molecule has 4 rings (SSSR count). The third kappa shape index (κ3) is 3.37. The molecule has 142 valence electrons. The van der Waals surface area contributed by atoms with Crippen molar-refractivity contribution in [1.29, 1.82) is 0 Å². The fourth-order valence-electron chi connectivity index (χ4n) is 4.22. The Morgan fingerprint density at radius 2 is 1.81 bits per heavy atom. The van der Waals surface area contributed by atoms with Crippen molar-refractivity contribution in [2.45, 2.75) is 31.1 Å². The third-order valence-electron chi connectivity index (χ3n) is 5.73. The number of carbonyl (C=O) groups is 1. The van der Waals surface area contributed by atoms with E-state index in [1.165, 1.54) is 12.1 Å². The Labute approximate surface area is 159 Å². The number of hydrogen-bond donors (Lipinski definition) is 0. The summed E-state index contributed by atoms with van der Waals surface area (Å²) in [6.45, 7) is 2.57. The van der Waals surface area contributed by atoms with Crippen molar-refractivity contribution in [2.24, 2.45) is 0 Å². The number of likely N-dealkylation sites (tertiary alicyclic amines) is 1. The van der Waals surface area contributed by atoms with Crippen LogP contribution in [0, 0.1) is 5.82 Å². The number of halogens is 1. The summed E-state index contributed by atoms with van der Waals surface area (Å²) in [6, 6.07) is 14.8. The molecule has 1 fully saturated rings. The first-order chi connectivity index (χ1) is 13.0. The summed E-state index contributed by atoms with van der Waals surface area (Å²) in [6.07, 6.45) is 1.19. The van der Waals surface area contributed by atoms with Gasteiger partial charge in [-0.05, 0) is 41.7 Å². The van der Waals surface area contributed by atoms with Crippen LogP contribution in [-0.4, -0.2) is 42.9 Å². The maximum Gasteiger partial charge on any atom is 0.255 e. The lowest BCUT2D eigenvalue weighted by atomic mass is 9.83. The van der Waals surface area contributed by atoms with E-state index in [-0.39, 0.29) is 17.3 Å². The SMILES string of the molecule is CN(C)C(=O)[C@@H]1OC2(CCN(Cc3ccc(F)cc3)CC2)c2ccccc21. The standard InChI is InChI=1S/C22H25FN2O2/c1-24(2)21(26)20-18-5-3-4-6-19(18)22(27-20)11-13-25(14-12-22)15-16-7-9-17(23)10-8-16/h3-10,20H,11-15H2,1-2H3/t20-/m1/s1. The second-order valence-electron chi connectivity index (χ2n) is 7.71. The number of ether oxygens (including phenoxy) is 1. The highest BCUT2D eigenvalue weighted by Gasteiger charge is 2.48. The van der Waals surface area contributed by atoms with Gasteiger partial charge in [-0.25, -0.2) is 4.39 Å². The zero-order chi connectivity index (χ0) is 19.0. The van der Waals surface area contributed by atoms with Gasteiger partial charge >= 0.3 is 0 Å². The van der Waals surface area contributed by atoms with Crippen molar-refractivity contribution in [3.8, 4) is 0 Å². The average Bonchev–Trinajstić information content (AvgIpc) is 2.99. The molecule has 0 aromatic heterocycles. The summed E-state index contributed by atoms with van der Waals surface area (Å²) in [5.41, 5.74) is 2.89. The van der Waals surface area contributed by atoms with Gasteiger partial charge in [-0.2, -0.15) is 0 Å². The molecule has 0 saturated carbocycles. The van der Waals surface area contributed by atoms with Gasteiger partial charge in [0.2, 0.25) is 0 Å². The minimum Gasteiger partial charge on any atom is -0.352 e. The molecule has 2 aromatic rings. The molecule has 2 aliphatic rings. The normalized spacial score (nSPS) is 21.2. The van der Waals surface area contributed by atoms with Crippen LogP contribution in [0.25, 0.3) is 0 Å². The molecule has 1 atom stereocenters. The molecule has 2 aliphatic heterocycles. The Morgan fingerprint density at radius 1 is 1.15 bits per heavy atom. The van der Waals surface area contributed by atoms with Crippen LogP contribution in [0.15, 0.2) is 48.5 Å². The smallest absolute Gasteiger partial charge is 0.255 e. The summed E-state index contributed by atoms with van der Waals surface area (Å²) in [7, 11) is 3.54. The molecule has 4 nitrogen and oxygen atoms in total. The predicted octanol–water partition coefficient (Wildman–Crippen LogP) is 3.48. The van der Waals surface area contributed by atoms with E-state index < -0.39 is 6.10 Å². The van der Waals surface area contributed by atoms with Crippen LogP contribution in [-0.2, 0) is 21.7 Å². The van der Waals surface area contributed by atoms with Gasteiger partial charge in [0.15, 0.2) is 6.10 Å². The van der Waals surface area contributed by atoms with Crippen molar-refractivity contribution in [3.63, 3.8) is 0 Å². The second-order valence-corrected chi connectivity index (χ2v) is 7.71. The van der Waals surface area contributed by atoms with Gasteiger partial charge in [-0.15, -0.1) is 0 Å². The molecule has 0 aliphatic carbocycles.